The Hall–Kier alpha value is -1.22. The number of piperidine rings is 1. The maximum atomic E-state index is 12.5. The first kappa shape index (κ1) is 13.7. The van der Waals surface area contributed by atoms with Crippen molar-refractivity contribution in [1.82, 2.24) is 4.90 Å². The summed E-state index contributed by atoms with van der Waals surface area (Å²) in [4.78, 5) is 14.5. The van der Waals surface area contributed by atoms with E-state index in [4.69, 9.17) is 17.3 Å². The van der Waals surface area contributed by atoms with Gasteiger partial charge in [-0.05, 0) is 49.3 Å². The molecule has 0 bridgehead atoms. The van der Waals surface area contributed by atoms with E-state index >= 15 is 0 Å². The minimum absolute atomic E-state index is 0.0845. The topological polar surface area (TPSA) is 46.3 Å². The van der Waals surface area contributed by atoms with E-state index in [0.717, 1.165) is 25.9 Å². The molecule has 1 aliphatic carbocycles. The average Bonchev–Trinajstić information content (AvgIpc) is 2.90. The van der Waals surface area contributed by atoms with E-state index in [-0.39, 0.29) is 5.91 Å². The summed E-state index contributed by atoms with van der Waals surface area (Å²) >= 11 is 5.90. The molecule has 1 spiro atoms. The van der Waals surface area contributed by atoms with Crippen LogP contribution in [-0.2, 0) is 0 Å². The largest absolute Gasteiger partial charge is 0.398 e. The van der Waals surface area contributed by atoms with Gasteiger partial charge in [0.2, 0.25) is 0 Å². The van der Waals surface area contributed by atoms with Crippen molar-refractivity contribution in [3.05, 3.63) is 28.8 Å². The molecule has 0 aromatic heterocycles. The van der Waals surface area contributed by atoms with Crippen LogP contribution in [0, 0.1) is 5.41 Å². The Morgan fingerprint density at radius 2 is 1.80 bits per heavy atom. The van der Waals surface area contributed by atoms with Crippen molar-refractivity contribution in [2.24, 2.45) is 5.41 Å². The van der Waals surface area contributed by atoms with Crippen LogP contribution < -0.4 is 5.73 Å². The monoisotopic (exact) mass is 292 g/mol. The van der Waals surface area contributed by atoms with Gasteiger partial charge in [0.05, 0.1) is 10.7 Å². The number of nitrogens with zero attached hydrogens (tertiary/aromatic N) is 1. The molecule has 1 aliphatic heterocycles. The second-order valence-corrected chi connectivity index (χ2v) is 6.64. The Balaban J connectivity index is 1.68. The Morgan fingerprint density at radius 1 is 1.15 bits per heavy atom. The fourth-order valence-corrected chi connectivity index (χ4v) is 3.79. The van der Waals surface area contributed by atoms with Gasteiger partial charge in [0.25, 0.3) is 5.91 Å². The van der Waals surface area contributed by atoms with Crippen LogP contribution >= 0.6 is 11.6 Å². The molecule has 0 radical (unpaired) electrons. The molecular weight excluding hydrogens is 272 g/mol. The van der Waals surface area contributed by atoms with Gasteiger partial charge >= 0.3 is 0 Å². The third-order valence-electron chi connectivity index (χ3n) is 5.02. The molecule has 108 valence electrons. The molecule has 3 nitrogen and oxygen atoms in total. The lowest BCUT2D eigenvalue weighted by molar-refractivity contribution is 0.0587. The van der Waals surface area contributed by atoms with Gasteiger partial charge < -0.3 is 10.6 Å². The van der Waals surface area contributed by atoms with E-state index < -0.39 is 0 Å². The second kappa shape index (κ2) is 5.28. The molecular formula is C16H21ClN2O. The number of amides is 1. The first-order chi connectivity index (χ1) is 9.60. The maximum Gasteiger partial charge on any atom is 0.253 e. The van der Waals surface area contributed by atoms with Crippen molar-refractivity contribution in [3.8, 4) is 0 Å². The zero-order valence-electron chi connectivity index (χ0n) is 11.7. The molecule has 4 heteroatoms. The molecule has 20 heavy (non-hydrogen) atoms. The van der Waals surface area contributed by atoms with Crippen molar-refractivity contribution in [1.29, 1.82) is 0 Å². The summed E-state index contributed by atoms with van der Waals surface area (Å²) in [6.45, 7) is 1.75. The molecule has 0 unspecified atom stereocenters. The quantitative estimate of drug-likeness (QED) is 0.802. The van der Waals surface area contributed by atoms with Crippen LogP contribution in [0.4, 0.5) is 5.69 Å². The zero-order chi connectivity index (χ0) is 14.2. The first-order valence-electron chi connectivity index (χ1n) is 7.44. The van der Waals surface area contributed by atoms with Gasteiger partial charge in [0.15, 0.2) is 0 Å². The van der Waals surface area contributed by atoms with E-state index in [0.29, 0.717) is 21.7 Å². The van der Waals surface area contributed by atoms with E-state index in [1.165, 1.54) is 25.7 Å². The molecule has 2 aliphatic rings. The molecule has 1 heterocycles. The third kappa shape index (κ3) is 2.51. The SMILES string of the molecule is Nc1cc(C(=O)N2CCC3(CCCC3)CC2)ccc1Cl. The van der Waals surface area contributed by atoms with Crippen LogP contribution in [0.25, 0.3) is 0 Å². The molecule has 1 saturated heterocycles. The predicted octanol–water partition coefficient (Wildman–Crippen LogP) is 3.72. The number of benzene rings is 1. The van der Waals surface area contributed by atoms with E-state index in [9.17, 15) is 4.79 Å². The summed E-state index contributed by atoms with van der Waals surface area (Å²) < 4.78 is 0. The fraction of sp³-hybridized carbons (Fsp3) is 0.562. The van der Waals surface area contributed by atoms with Crippen molar-refractivity contribution in [2.75, 3.05) is 18.8 Å². The lowest BCUT2D eigenvalue weighted by Gasteiger charge is -2.39. The van der Waals surface area contributed by atoms with Gasteiger partial charge in [-0.2, -0.15) is 0 Å². The summed E-state index contributed by atoms with van der Waals surface area (Å²) in [5.41, 5.74) is 7.44. The third-order valence-corrected chi connectivity index (χ3v) is 5.36. The van der Waals surface area contributed by atoms with Crippen molar-refractivity contribution < 1.29 is 4.79 Å². The van der Waals surface area contributed by atoms with Crippen molar-refractivity contribution in [3.63, 3.8) is 0 Å². The molecule has 2 N–H and O–H groups in total. The molecule has 1 saturated carbocycles. The molecule has 0 atom stereocenters. The highest BCUT2D eigenvalue weighted by atomic mass is 35.5. The van der Waals surface area contributed by atoms with Crippen LogP contribution in [0.3, 0.4) is 0 Å². The summed E-state index contributed by atoms with van der Waals surface area (Å²) in [5.74, 6) is 0.0845. The minimum atomic E-state index is 0.0845. The summed E-state index contributed by atoms with van der Waals surface area (Å²) in [6.07, 6.45) is 7.73. The Morgan fingerprint density at radius 3 is 2.40 bits per heavy atom. The summed E-state index contributed by atoms with van der Waals surface area (Å²) in [5, 5.41) is 0.505. The normalized spacial score (nSPS) is 21.4. The van der Waals surface area contributed by atoms with Crippen molar-refractivity contribution in [2.45, 2.75) is 38.5 Å². The highest BCUT2D eigenvalue weighted by Crippen LogP contribution is 2.46. The lowest BCUT2D eigenvalue weighted by atomic mass is 9.77. The van der Waals surface area contributed by atoms with E-state index in [2.05, 4.69) is 0 Å². The van der Waals surface area contributed by atoms with Crippen molar-refractivity contribution >= 4 is 23.2 Å². The number of rotatable bonds is 1. The maximum absolute atomic E-state index is 12.5. The van der Waals surface area contributed by atoms with Gasteiger partial charge in [-0.3, -0.25) is 4.79 Å². The number of carbonyl (C=O) groups is 1. The number of anilines is 1. The minimum Gasteiger partial charge on any atom is -0.398 e. The molecule has 1 aromatic rings. The number of nitrogens with two attached hydrogens (primary N) is 1. The molecule has 1 aromatic carbocycles. The smallest absolute Gasteiger partial charge is 0.253 e. The van der Waals surface area contributed by atoms with E-state index in [1.807, 2.05) is 4.90 Å². The highest BCUT2D eigenvalue weighted by Gasteiger charge is 2.38. The Labute approximate surface area is 125 Å². The number of carbonyl (C=O) groups excluding carboxylic acids is 1. The van der Waals surface area contributed by atoms with Crippen LogP contribution in [0.2, 0.25) is 5.02 Å². The first-order valence-corrected chi connectivity index (χ1v) is 7.82. The van der Waals surface area contributed by atoms with Gasteiger partial charge in [-0.15, -0.1) is 0 Å². The Bertz CT molecular complexity index is 513. The van der Waals surface area contributed by atoms with Crippen LogP contribution in [-0.4, -0.2) is 23.9 Å². The van der Waals surface area contributed by atoms with Crippen LogP contribution in [0.15, 0.2) is 18.2 Å². The predicted molar refractivity (Wildman–Crippen MR) is 81.9 cm³/mol. The van der Waals surface area contributed by atoms with Crippen LogP contribution in [0.1, 0.15) is 48.9 Å². The van der Waals surface area contributed by atoms with Gasteiger partial charge in [0, 0.05) is 18.7 Å². The number of nitrogen functional groups attached to an aromatic ring is 1. The number of likely N-dealkylation sites (tertiary alicyclic amines) is 1. The zero-order valence-corrected chi connectivity index (χ0v) is 12.5. The standard InChI is InChI=1S/C16H21ClN2O/c17-13-4-3-12(11-14(13)18)15(20)19-9-7-16(8-10-19)5-1-2-6-16/h3-4,11H,1-2,5-10,18H2. The molecule has 3 rings (SSSR count). The fourth-order valence-electron chi connectivity index (χ4n) is 3.67. The van der Waals surface area contributed by atoms with Gasteiger partial charge in [0.1, 0.15) is 0 Å². The summed E-state index contributed by atoms with van der Waals surface area (Å²) in [6, 6.07) is 5.15. The van der Waals surface area contributed by atoms with Gasteiger partial charge in [-0.25, -0.2) is 0 Å². The highest BCUT2D eigenvalue weighted by molar-refractivity contribution is 6.33. The van der Waals surface area contributed by atoms with Crippen LogP contribution in [0.5, 0.6) is 0 Å². The number of hydrogen-bond acceptors (Lipinski definition) is 2. The number of hydrogen-bond donors (Lipinski definition) is 1. The molecule has 1 amide bonds. The number of halogens is 1. The van der Waals surface area contributed by atoms with Gasteiger partial charge in [-0.1, -0.05) is 24.4 Å². The lowest BCUT2D eigenvalue weighted by Crippen LogP contribution is -2.42. The second-order valence-electron chi connectivity index (χ2n) is 6.24. The average molecular weight is 293 g/mol. The summed E-state index contributed by atoms with van der Waals surface area (Å²) in [7, 11) is 0. The Kier molecular flexibility index (Phi) is 3.63. The van der Waals surface area contributed by atoms with E-state index in [1.54, 1.807) is 18.2 Å². The molecule has 2 fully saturated rings.